The summed E-state index contributed by atoms with van der Waals surface area (Å²) in [6.45, 7) is 7.24. The van der Waals surface area contributed by atoms with Crippen LogP contribution < -0.4 is 5.32 Å². The van der Waals surface area contributed by atoms with E-state index in [1.165, 1.54) is 28.8 Å². The van der Waals surface area contributed by atoms with Crippen LogP contribution in [0.5, 0.6) is 0 Å². The summed E-state index contributed by atoms with van der Waals surface area (Å²) in [7, 11) is 0. The van der Waals surface area contributed by atoms with E-state index in [4.69, 9.17) is 0 Å². The van der Waals surface area contributed by atoms with E-state index in [1.54, 1.807) is 23.5 Å². The summed E-state index contributed by atoms with van der Waals surface area (Å²) >= 11 is 3.08. The maximum atomic E-state index is 13.0. The number of aromatic nitrogens is 3. The molecule has 1 N–H and O–H groups in total. The zero-order valence-electron chi connectivity index (χ0n) is 16.1. The molecule has 0 aliphatic rings. The fraction of sp³-hybridized carbons (Fsp3) is 0.350. The average molecular weight is 419 g/mol. The van der Waals surface area contributed by atoms with Gasteiger partial charge in [0, 0.05) is 28.1 Å². The highest BCUT2D eigenvalue weighted by atomic mass is 32.2. The number of nitrogens with one attached hydrogen (secondary N) is 1. The summed E-state index contributed by atoms with van der Waals surface area (Å²) in [6, 6.07) is 7.89. The van der Waals surface area contributed by atoms with Crippen molar-refractivity contribution in [3.8, 4) is 11.4 Å². The second-order valence-electron chi connectivity index (χ2n) is 6.69. The largest absolute Gasteiger partial charge is 0.325 e. The quantitative estimate of drug-likeness (QED) is 0.497. The Bertz CT molecular complexity index is 934. The Kier molecular flexibility index (Phi) is 6.85. The van der Waals surface area contributed by atoms with E-state index in [2.05, 4.69) is 52.3 Å². The number of rotatable bonds is 8. The monoisotopic (exact) mass is 418 g/mol. The number of anilines is 1. The lowest BCUT2D eigenvalue weighted by Crippen LogP contribution is -2.14. The molecule has 0 unspecified atom stereocenters. The molecule has 0 bridgehead atoms. The summed E-state index contributed by atoms with van der Waals surface area (Å²) < 4.78 is 15.0. The summed E-state index contributed by atoms with van der Waals surface area (Å²) in [5.41, 5.74) is 1.64. The lowest BCUT2D eigenvalue weighted by atomic mass is 10.1. The first kappa shape index (κ1) is 20.5. The number of carbonyl (C=O) groups is 1. The van der Waals surface area contributed by atoms with E-state index >= 15 is 0 Å². The van der Waals surface area contributed by atoms with E-state index in [0.29, 0.717) is 11.6 Å². The highest BCUT2D eigenvalue weighted by molar-refractivity contribution is 7.99. The van der Waals surface area contributed by atoms with Crippen molar-refractivity contribution >= 4 is 34.7 Å². The molecule has 2 heterocycles. The molecule has 28 heavy (non-hydrogen) atoms. The molecule has 0 radical (unpaired) electrons. The highest BCUT2D eigenvalue weighted by Gasteiger charge is 2.17. The van der Waals surface area contributed by atoms with Gasteiger partial charge in [-0.15, -0.1) is 21.5 Å². The Hall–Kier alpha value is -2.19. The third-order valence-electron chi connectivity index (χ3n) is 4.07. The molecule has 0 aliphatic carbocycles. The van der Waals surface area contributed by atoms with Gasteiger partial charge in [0.1, 0.15) is 5.82 Å². The molecule has 3 aromatic rings. The second kappa shape index (κ2) is 9.34. The van der Waals surface area contributed by atoms with E-state index in [0.717, 1.165) is 29.5 Å². The standard InChI is InChI=1S/C20H23FN4OS2/c1-4-9-25-19(14-10-17(13(2)3)27-11-14)23-24-20(25)28-12-18(26)22-16-7-5-15(21)6-8-16/h5-8,10-11,13H,4,9,12H2,1-3H3,(H,22,26). The van der Waals surface area contributed by atoms with Crippen molar-refractivity contribution in [2.45, 2.75) is 44.8 Å². The minimum absolute atomic E-state index is 0.165. The number of hydrogen-bond donors (Lipinski definition) is 1. The van der Waals surface area contributed by atoms with Crippen molar-refractivity contribution in [3.63, 3.8) is 0 Å². The molecule has 0 spiro atoms. The topological polar surface area (TPSA) is 59.8 Å². The van der Waals surface area contributed by atoms with Crippen molar-refractivity contribution in [1.82, 2.24) is 14.8 Å². The molecule has 2 aromatic heterocycles. The third-order valence-corrected chi connectivity index (χ3v) is 6.27. The summed E-state index contributed by atoms with van der Waals surface area (Å²) in [4.78, 5) is 13.5. The number of amides is 1. The van der Waals surface area contributed by atoms with Gasteiger partial charge in [-0.1, -0.05) is 32.5 Å². The molecule has 5 nitrogen and oxygen atoms in total. The van der Waals surface area contributed by atoms with Gasteiger partial charge in [-0.05, 0) is 42.7 Å². The highest BCUT2D eigenvalue weighted by Crippen LogP contribution is 2.31. The van der Waals surface area contributed by atoms with Crippen molar-refractivity contribution < 1.29 is 9.18 Å². The van der Waals surface area contributed by atoms with E-state index < -0.39 is 0 Å². The van der Waals surface area contributed by atoms with Gasteiger partial charge in [-0.25, -0.2) is 4.39 Å². The Balaban J connectivity index is 1.70. The van der Waals surface area contributed by atoms with Crippen LogP contribution in [0.1, 0.15) is 38.0 Å². The fourth-order valence-electron chi connectivity index (χ4n) is 2.67. The van der Waals surface area contributed by atoms with Crippen LogP contribution in [-0.2, 0) is 11.3 Å². The molecule has 0 atom stereocenters. The average Bonchev–Trinajstić information content (AvgIpc) is 3.29. The van der Waals surface area contributed by atoms with Crippen LogP contribution in [-0.4, -0.2) is 26.4 Å². The van der Waals surface area contributed by atoms with Gasteiger partial charge >= 0.3 is 0 Å². The van der Waals surface area contributed by atoms with Gasteiger partial charge < -0.3 is 9.88 Å². The SMILES string of the molecule is CCCn1c(SCC(=O)Nc2ccc(F)cc2)nnc1-c1csc(C(C)C)c1. The van der Waals surface area contributed by atoms with Crippen LogP contribution in [0.4, 0.5) is 10.1 Å². The number of halogens is 1. The molecule has 0 fully saturated rings. The molecule has 8 heteroatoms. The number of thiophene rings is 1. The van der Waals surface area contributed by atoms with E-state index in [-0.39, 0.29) is 17.5 Å². The number of thioether (sulfide) groups is 1. The Morgan fingerprint density at radius 2 is 2.04 bits per heavy atom. The number of carbonyl (C=O) groups excluding carboxylic acids is 1. The number of nitrogens with zero attached hydrogens (tertiary/aromatic N) is 3. The summed E-state index contributed by atoms with van der Waals surface area (Å²) in [5.74, 6) is 1.03. The van der Waals surface area contributed by atoms with E-state index in [9.17, 15) is 9.18 Å². The first-order valence-corrected chi connectivity index (χ1v) is 11.0. The van der Waals surface area contributed by atoms with Gasteiger partial charge in [-0.3, -0.25) is 4.79 Å². The van der Waals surface area contributed by atoms with Gasteiger partial charge in [0.2, 0.25) is 5.91 Å². The van der Waals surface area contributed by atoms with Gasteiger partial charge in [0.15, 0.2) is 11.0 Å². The van der Waals surface area contributed by atoms with Crippen molar-refractivity contribution in [2.75, 3.05) is 11.1 Å². The van der Waals surface area contributed by atoms with Gasteiger partial charge in [-0.2, -0.15) is 0 Å². The third kappa shape index (κ3) is 4.99. The van der Waals surface area contributed by atoms with Crippen LogP contribution in [0, 0.1) is 5.82 Å². The van der Waals surface area contributed by atoms with Crippen molar-refractivity contribution in [2.24, 2.45) is 0 Å². The van der Waals surface area contributed by atoms with Crippen LogP contribution in [0.3, 0.4) is 0 Å². The zero-order chi connectivity index (χ0) is 20.1. The van der Waals surface area contributed by atoms with Crippen LogP contribution in [0.2, 0.25) is 0 Å². The predicted molar refractivity (Wildman–Crippen MR) is 113 cm³/mol. The smallest absolute Gasteiger partial charge is 0.234 e. The molecule has 1 aromatic carbocycles. The molecule has 1 amide bonds. The maximum Gasteiger partial charge on any atom is 0.234 e. The number of hydrogen-bond acceptors (Lipinski definition) is 5. The molecular weight excluding hydrogens is 395 g/mol. The lowest BCUT2D eigenvalue weighted by Gasteiger charge is -2.08. The summed E-state index contributed by atoms with van der Waals surface area (Å²) in [5, 5.41) is 14.3. The molecule has 0 aliphatic heterocycles. The first-order chi connectivity index (χ1) is 13.5. The molecule has 148 valence electrons. The minimum Gasteiger partial charge on any atom is -0.325 e. The van der Waals surface area contributed by atoms with Crippen molar-refractivity contribution in [1.29, 1.82) is 0 Å². The number of benzene rings is 1. The molecule has 0 saturated heterocycles. The Morgan fingerprint density at radius 1 is 1.29 bits per heavy atom. The lowest BCUT2D eigenvalue weighted by molar-refractivity contribution is -0.113. The second-order valence-corrected chi connectivity index (χ2v) is 8.58. The van der Waals surface area contributed by atoms with E-state index in [1.807, 2.05) is 0 Å². The van der Waals surface area contributed by atoms with Crippen LogP contribution >= 0.6 is 23.1 Å². The molecular formula is C20H23FN4OS2. The predicted octanol–water partition coefficient (Wildman–Crippen LogP) is 5.41. The summed E-state index contributed by atoms with van der Waals surface area (Å²) in [6.07, 6.45) is 0.946. The maximum absolute atomic E-state index is 13.0. The fourth-order valence-corrected chi connectivity index (χ4v) is 4.34. The minimum atomic E-state index is -0.332. The van der Waals surface area contributed by atoms with Crippen LogP contribution in [0.25, 0.3) is 11.4 Å². The molecule has 3 rings (SSSR count). The van der Waals surface area contributed by atoms with Crippen molar-refractivity contribution in [3.05, 3.63) is 46.4 Å². The Morgan fingerprint density at radius 3 is 2.68 bits per heavy atom. The van der Waals surface area contributed by atoms with Crippen LogP contribution in [0.15, 0.2) is 40.9 Å². The zero-order valence-corrected chi connectivity index (χ0v) is 17.7. The normalized spacial score (nSPS) is 11.2. The van der Waals surface area contributed by atoms with Gasteiger partial charge in [0.25, 0.3) is 0 Å². The van der Waals surface area contributed by atoms with Gasteiger partial charge in [0.05, 0.1) is 5.75 Å². The Labute approximate surface area is 172 Å². The first-order valence-electron chi connectivity index (χ1n) is 9.18. The molecule has 0 saturated carbocycles.